The summed E-state index contributed by atoms with van der Waals surface area (Å²) >= 11 is 3.32. The van der Waals surface area contributed by atoms with Crippen molar-refractivity contribution in [3.8, 4) is 5.75 Å². The van der Waals surface area contributed by atoms with E-state index in [1.807, 2.05) is 0 Å². The lowest BCUT2D eigenvalue weighted by molar-refractivity contribution is -0.137. The standard InChI is InChI=1S/C15H19BrN2O4/c16-13-8-7-12(19)9-11(13)10-17-18-14(20)5-3-1-2-4-6-15(21)22/h7-10,19H,1-6H2,(H,18,20)(H,21,22)/b17-10+. The van der Waals surface area contributed by atoms with Crippen LogP contribution in [0.25, 0.3) is 0 Å². The second kappa shape index (κ2) is 9.94. The van der Waals surface area contributed by atoms with Gasteiger partial charge in [0.05, 0.1) is 6.21 Å². The largest absolute Gasteiger partial charge is 0.508 e. The van der Waals surface area contributed by atoms with Gasteiger partial charge in [0.1, 0.15) is 5.75 Å². The fraction of sp³-hybridized carbons (Fsp3) is 0.400. The van der Waals surface area contributed by atoms with Gasteiger partial charge in [-0.05, 0) is 31.0 Å². The molecule has 0 radical (unpaired) electrons. The molecule has 6 nitrogen and oxygen atoms in total. The van der Waals surface area contributed by atoms with E-state index in [0.717, 1.165) is 17.3 Å². The molecule has 0 aliphatic carbocycles. The SMILES string of the molecule is O=C(O)CCCCCCC(=O)N/N=C/c1cc(O)ccc1Br. The topological polar surface area (TPSA) is 99.0 Å². The Balaban J connectivity index is 2.21. The quantitative estimate of drug-likeness (QED) is 0.353. The molecule has 0 spiro atoms. The van der Waals surface area contributed by atoms with Crippen molar-refractivity contribution in [1.82, 2.24) is 5.43 Å². The highest BCUT2D eigenvalue weighted by atomic mass is 79.9. The number of halogens is 1. The number of nitrogens with one attached hydrogen (secondary N) is 1. The van der Waals surface area contributed by atoms with Crippen LogP contribution in [0.1, 0.15) is 44.1 Å². The van der Waals surface area contributed by atoms with Gasteiger partial charge in [-0.3, -0.25) is 9.59 Å². The molecule has 120 valence electrons. The van der Waals surface area contributed by atoms with E-state index in [-0.39, 0.29) is 18.1 Å². The van der Waals surface area contributed by atoms with E-state index in [1.54, 1.807) is 12.1 Å². The number of hydrogen-bond acceptors (Lipinski definition) is 4. The molecule has 7 heteroatoms. The Labute approximate surface area is 137 Å². The highest BCUT2D eigenvalue weighted by Gasteiger charge is 2.02. The Morgan fingerprint density at radius 1 is 1.18 bits per heavy atom. The van der Waals surface area contributed by atoms with Crippen LogP contribution in [-0.4, -0.2) is 28.3 Å². The van der Waals surface area contributed by atoms with E-state index in [1.165, 1.54) is 12.3 Å². The third kappa shape index (κ3) is 7.78. The molecule has 1 amide bonds. The molecule has 1 aromatic carbocycles. The first-order valence-electron chi connectivity index (χ1n) is 7.01. The molecule has 0 saturated carbocycles. The van der Waals surface area contributed by atoms with E-state index in [4.69, 9.17) is 5.11 Å². The van der Waals surface area contributed by atoms with Gasteiger partial charge in [0.25, 0.3) is 0 Å². The summed E-state index contributed by atoms with van der Waals surface area (Å²) < 4.78 is 0.765. The van der Waals surface area contributed by atoms with Crippen molar-refractivity contribution in [3.63, 3.8) is 0 Å². The molecule has 0 aliphatic heterocycles. The molecule has 1 aromatic rings. The average molecular weight is 371 g/mol. The minimum Gasteiger partial charge on any atom is -0.508 e. The number of unbranched alkanes of at least 4 members (excludes halogenated alkanes) is 3. The van der Waals surface area contributed by atoms with E-state index in [0.29, 0.717) is 24.8 Å². The fourth-order valence-corrected chi connectivity index (χ4v) is 2.12. The number of carbonyl (C=O) groups is 2. The Hall–Kier alpha value is -1.89. The number of aliphatic carboxylic acids is 1. The van der Waals surface area contributed by atoms with Crippen LogP contribution in [0.2, 0.25) is 0 Å². The Bertz CT molecular complexity index is 546. The molecular formula is C15H19BrN2O4. The third-order valence-corrected chi connectivity index (χ3v) is 3.64. The van der Waals surface area contributed by atoms with Crippen molar-refractivity contribution in [3.05, 3.63) is 28.2 Å². The van der Waals surface area contributed by atoms with Crippen LogP contribution >= 0.6 is 15.9 Å². The number of rotatable bonds is 9. The Morgan fingerprint density at radius 2 is 1.86 bits per heavy atom. The van der Waals surface area contributed by atoms with E-state index < -0.39 is 5.97 Å². The van der Waals surface area contributed by atoms with Crippen molar-refractivity contribution in [2.24, 2.45) is 5.10 Å². The lowest BCUT2D eigenvalue weighted by Crippen LogP contribution is -2.16. The molecule has 22 heavy (non-hydrogen) atoms. The first kappa shape index (κ1) is 18.2. The molecular weight excluding hydrogens is 352 g/mol. The first-order chi connectivity index (χ1) is 10.5. The van der Waals surface area contributed by atoms with Gasteiger partial charge in [-0.25, -0.2) is 5.43 Å². The zero-order valence-electron chi connectivity index (χ0n) is 12.1. The number of amides is 1. The number of carboxylic acids is 1. The zero-order valence-corrected chi connectivity index (χ0v) is 13.7. The minimum absolute atomic E-state index is 0.123. The minimum atomic E-state index is -0.787. The van der Waals surface area contributed by atoms with Crippen LogP contribution < -0.4 is 5.43 Å². The number of aromatic hydroxyl groups is 1. The zero-order chi connectivity index (χ0) is 16.4. The molecule has 0 saturated heterocycles. The molecule has 0 aromatic heterocycles. The first-order valence-corrected chi connectivity index (χ1v) is 7.80. The molecule has 0 unspecified atom stereocenters. The number of nitrogens with zero attached hydrogens (tertiary/aromatic N) is 1. The summed E-state index contributed by atoms with van der Waals surface area (Å²) in [6, 6.07) is 4.77. The highest BCUT2D eigenvalue weighted by Crippen LogP contribution is 2.19. The lowest BCUT2D eigenvalue weighted by atomic mass is 10.1. The molecule has 1 rings (SSSR count). The van der Waals surface area contributed by atoms with Crippen molar-refractivity contribution in [2.45, 2.75) is 38.5 Å². The highest BCUT2D eigenvalue weighted by molar-refractivity contribution is 9.10. The third-order valence-electron chi connectivity index (χ3n) is 2.92. The van der Waals surface area contributed by atoms with E-state index >= 15 is 0 Å². The molecule has 0 aliphatic rings. The maximum absolute atomic E-state index is 11.5. The normalized spacial score (nSPS) is 10.8. The van der Waals surface area contributed by atoms with Crippen molar-refractivity contribution in [1.29, 1.82) is 0 Å². The van der Waals surface area contributed by atoms with Crippen molar-refractivity contribution < 1.29 is 19.8 Å². The molecule has 0 fully saturated rings. The van der Waals surface area contributed by atoms with Gasteiger partial charge in [-0.2, -0.15) is 5.10 Å². The smallest absolute Gasteiger partial charge is 0.303 e. The van der Waals surface area contributed by atoms with Crippen molar-refractivity contribution in [2.75, 3.05) is 0 Å². The molecule has 3 N–H and O–H groups in total. The number of phenolic OH excluding ortho intramolecular Hbond substituents is 1. The molecule has 0 bridgehead atoms. The van der Waals surface area contributed by atoms with Crippen LogP contribution in [-0.2, 0) is 9.59 Å². The number of hydrazone groups is 1. The second-order valence-corrected chi connectivity index (χ2v) is 5.66. The summed E-state index contributed by atoms with van der Waals surface area (Å²) in [5, 5.41) is 21.7. The summed E-state index contributed by atoms with van der Waals surface area (Å²) in [7, 11) is 0. The van der Waals surface area contributed by atoms with E-state index in [2.05, 4.69) is 26.5 Å². The molecule has 0 atom stereocenters. The molecule has 0 heterocycles. The Kier molecular flexibility index (Phi) is 8.21. The van der Waals surface area contributed by atoms with Crippen LogP contribution in [0.3, 0.4) is 0 Å². The predicted octanol–water partition coefficient (Wildman–Crippen LogP) is 3.03. The van der Waals surface area contributed by atoms with Crippen LogP contribution in [0.15, 0.2) is 27.8 Å². The summed E-state index contributed by atoms with van der Waals surface area (Å²) in [5.74, 6) is -0.853. The number of carbonyl (C=O) groups excluding carboxylic acids is 1. The number of benzene rings is 1. The van der Waals surface area contributed by atoms with Gasteiger partial charge in [-0.1, -0.05) is 28.8 Å². The van der Waals surface area contributed by atoms with Crippen molar-refractivity contribution >= 4 is 34.0 Å². The second-order valence-electron chi connectivity index (χ2n) is 4.81. The summed E-state index contributed by atoms with van der Waals surface area (Å²) in [6.07, 6.45) is 4.95. The maximum atomic E-state index is 11.5. The monoisotopic (exact) mass is 370 g/mol. The summed E-state index contributed by atoms with van der Waals surface area (Å²) in [6.45, 7) is 0. The number of carboxylic acid groups (broad SMARTS) is 1. The maximum Gasteiger partial charge on any atom is 0.303 e. The van der Waals surface area contributed by atoms with Gasteiger partial charge in [-0.15, -0.1) is 0 Å². The number of phenols is 1. The van der Waals surface area contributed by atoms with Crippen LogP contribution in [0.4, 0.5) is 0 Å². The van der Waals surface area contributed by atoms with Gasteiger partial charge in [0.15, 0.2) is 0 Å². The predicted molar refractivity (Wildman–Crippen MR) is 86.9 cm³/mol. The van der Waals surface area contributed by atoms with E-state index in [9.17, 15) is 14.7 Å². The summed E-state index contributed by atoms with van der Waals surface area (Å²) in [4.78, 5) is 21.9. The Morgan fingerprint density at radius 3 is 2.55 bits per heavy atom. The average Bonchev–Trinajstić information content (AvgIpc) is 2.46. The van der Waals surface area contributed by atoms with Gasteiger partial charge >= 0.3 is 5.97 Å². The number of hydrogen-bond donors (Lipinski definition) is 3. The van der Waals surface area contributed by atoms with Gasteiger partial charge in [0.2, 0.25) is 5.91 Å². The lowest BCUT2D eigenvalue weighted by Gasteiger charge is -2.01. The fourth-order valence-electron chi connectivity index (χ4n) is 1.78. The van der Waals surface area contributed by atoms with Gasteiger partial charge in [0, 0.05) is 22.9 Å². The van der Waals surface area contributed by atoms with Crippen LogP contribution in [0, 0.1) is 0 Å². The van der Waals surface area contributed by atoms with Gasteiger partial charge < -0.3 is 10.2 Å². The summed E-state index contributed by atoms with van der Waals surface area (Å²) in [5.41, 5.74) is 3.08. The van der Waals surface area contributed by atoms with Crippen LogP contribution in [0.5, 0.6) is 5.75 Å².